The van der Waals surface area contributed by atoms with E-state index in [1.54, 1.807) is 158 Å². The van der Waals surface area contributed by atoms with Crippen LogP contribution >= 0.6 is 11.3 Å². The molecule has 23 rings (SSSR count). The van der Waals surface area contributed by atoms with Gasteiger partial charge < -0.3 is 0 Å². The van der Waals surface area contributed by atoms with Crippen LogP contribution in [0.1, 0.15) is 136 Å². The highest BCUT2D eigenvalue weighted by molar-refractivity contribution is 7.87. The average molecular weight is 1910 g/mol. The summed E-state index contributed by atoms with van der Waals surface area (Å²) in [5.41, 5.74) is 5.04. The number of fused-ring (bicyclic) bond motifs is 9. The minimum absolute atomic E-state index is 0.00656. The van der Waals surface area contributed by atoms with Gasteiger partial charge in [0.15, 0.2) is 5.43 Å². The van der Waals surface area contributed by atoms with E-state index in [1.165, 1.54) is 76.2 Å². The van der Waals surface area contributed by atoms with E-state index in [-0.39, 0.29) is 49.5 Å². The van der Waals surface area contributed by atoms with Crippen LogP contribution in [-0.2, 0) is 72.1 Å². The molecule has 684 valence electrons. The van der Waals surface area contributed by atoms with E-state index in [1.807, 2.05) is 67.6 Å². The summed E-state index contributed by atoms with van der Waals surface area (Å²) in [5, 5.41) is 12.5. The van der Waals surface area contributed by atoms with Crippen molar-refractivity contribution in [2.75, 3.05) is 41.0 Å². The predicted octanol–water partition coefficient (Wildman–Crippen LogP) is 12.6. The third-order valence-corrected chi connectivity index (χ3v) is 26.5. The summed E-state index contributed by atoms with van der Waals surface area (Å²) in [6, 6.07) is 68.6. The van der Waals surface area contributed by atoms with Gasteiger partial charge in [-0.2, -0.15) is 25.3 Å². The van der Waals surface area contributed by atoms with Crippen LogP contribution in [-0.4, -0.2) is 184 Å². The van der Waals surface area contributed by atoms with Gasteiger partial charge in [0.2, 0.25) is 0 Å². The van der Waals surface area contributed by atoms with Crippen LogP contribution in [0.3, 0.4) is 0 Å². The van der Waals surface area contributed by atoms with Gasteiger partial charge in [0.1, 0.15) is 0 Å². The van der Waals surface area contributed by atoms with Crippen LogP contribution in [0.4, 0.5) is 0 Å². The predicted molar refractivity (Wildman–Crippen MR) is 487 cm³/mol. The van der Waals surface area contributed by atoms with Crippen molar-refractivity contribution in [2.24, 2.45) is 23.7 Å². The molecule has 1 saturated heterocycles. The van der Waals surface area contributed by atoms with Crippen molar-refractivity contribution >= 4 is 198 Å². The van der Waals surface area contributed by atoms with E-state index in [4.69, 9.17) is 23.6 Å². The number of aryl methyl sites for hydroxylation is 1. The fourth-order valence-corrected chi connectivity index (χ4v) is 20.4. The summed E-state index contributed by atoms with van der Waals surface area (Å²) in [7, 11) is -7.01. The van der Waals surface area contributed by atoms with Gasteiger partial charge in [-0.05, 0) is 149 Å². The number of imide groups is 7. The van der Waals surface area contributed by atoms with Gasteiger partial charge in [-0.15, -0.1) is 59.6 Å². The molecule has 8 heterocycles. The normalized spacial score (nSPS) is 17.5. The molecule has 4 unspecified atom stereocenters. The maximum absolute atomic E-state index is 12.7. The molecule has 2 aliphatic carbocycles. The van der Waals surface area contributed by atoms with Crippen LogP contribution in [0.2, 0.25) is 0 Å². The second-order valence-corrected chi connectivity index (χ2v) is 37.1. The minimum Gasteiger partial charge on any atom is -0.289 e. The molecule has 0 N–H and O–H groups in total. The molecule has 136 heavy (non-hydrogen) atoms. The van der Waals surface area contributed by atoms with Crippen molar-refractivity contribution < 1.29 is 125 Å². The fraction of sp³-hybridized carbons (Fsp3) is 0.124. The van der Waals surface area contributed by atoms with Crippen LogP contribution in [0.5, 0.6) is 0 Å². The van der Waals surface area contributed by atoms with E-state index >= 15 is 0 Å². The highest BCUT2D eigenvalue weighted by Crippen LogP contribution is 2.53. The molecular weight excluding hydrogens is 1840 g/mol. The molecule has 14 aromatic rings. The Morgan fingerprint density at radius 3 is 0.868 bits per heavy atom. The third kappa shape index (κ3) is 16.3. The maximum atomic E-state index is 12.7. The average Bonchev–Trinajstić information content (AvgIpc) is 1.12. The zero-order valence-electron chi connectivity index (χ0n) is 72.0. The summed E-state index contributed by atoms with van der Waals surface area (Å²) in [4.78, 5) is 202. The summed E-state index contributed by atoms with van der Waals surface area (Å²) in [6.45, 7) is 1.81. The monoisotopic (exact) mass is 1910 g/mol. The Kier molecular flexibility index (Phi) is 24.4. The molecule has 14 amide bonds. The van der Waals surface area contributed by atoms with Crippen LogP contribution in [0.15, 0.2) is 264 Å². The molecule has 4 atom stereocenters. The zero-order chi connectivity index (χ0) is 96.7. The van der Waals surface area contributed by atoms with Gasteiger partial charge in [-0.3, -0.25) is 91.3 Å². The van der Waals surface area contributed by atoms with E-state index < -0.39 is 125 Å². The number of nitrogens with zero attached hydrogens (tertiary/aromatic N) is 7. The molecule has 13 aromatic carbocycles. The number of rotatable bonds is 11. The first kappa shape index (κ1) is 92.2. The quantitative estimate of drug-likeness (QED) is 0.0659. The van der Waals surface area contributed by atoms with Gasteiger partial charge in [-0.1, -0.05) is 163 Å². The second-order valence-electron chi connectivity index (χ2n) is 31.4. The molecule has 0 spiro atoms. The number of allylic oxidation sites excluding steroid dienone is 2. The second kappa shape index (κ2) is 36.0. The van der Waals surface area contributed by atoms with E-state index in [9.17, 15) is 97.2 Å². The van der Waals surface area contributed by atoms with Gasteiger partial charge in [0.05, 0.1) is 129 Å². The summed E-state index contributed by atoms with van der Waals surface area (Å²) >= 11 is 1.19. The standard InChI is InChI=1S/C19H13NO5S.C16H9NO6S2.4C13H9NO3.C10H11NO5S/c1-12-8-10-14(11-9-12)26(23,24)25-20-18(21)15-6-2-4-13-5-3-7-16(17(13)15)19(20)22;1-25(21,22)23-17-15(19)9-6-7-10-13(18)8-4-2-3-5-11(8)24-14(10)12(9)16(17)20;4*1-17-14-12(15)9-6-2-4-8-5-3-7-10(11(8)9)13(14)16;1-17(14,15)16-11-9(12)7-5-2-3-6(4-5)8(7)10(11)13/h2-11H,1H3;2-7H,1H3;4*2-7H,1H3;2-3,5-8H,4H2,1H3. The summed E-state index contributed by atoms with van der Waals surface area (Å²) < 4.78 is 84.5. The first-order valence-electron chi connectivity index (χ1n) is 40.9. The van der Waals surface area contributed by atoms with Crippen molar-refractivity contribution in [1.82, 2.24) is 35.4 Å². The summed E-state index contributed by atoms with van der Waals surface area (Å²) in [6.07, 6.45) is 6.22. The number of amides is 14. The maximum Gasteiger partial charge on any atom is 0.318 e. The lowest BCUT2D eigenvalue weighted by atomic mass is 9.85. The highest BCUT2D eigenvalue weighted by atomic mass is 32.2. The first-order valence-corrected chi connectivity index (χ1v) is 46.8. The van der Waals surface area contributed by atoms with E-state index in [2.05, 4.69) is 8.57 Å². The molecule has 35 nitrogen and oxygen atoms in total. The van der Waals surface area contributed by atoms with Crippen molar-refractivity contribution in [3.63, 3.8) is 0 Å². The highest BCUT2D eigenvalue weighted by Gasteiger charge is 2.61. The molecule has 1 saturated carbocycles. The SMILES string of the molecule is CON1C(=O)c2cccc3cccc(c23)C1=O.CON1C(=O)c2cccc3cccc(c23)C1=O.CON1C(=O)c2cccc3cccc(c23)C1=O.CON1C(=O)c2cccc3cccc(c23)C1=O.CS(=O)(=O)ON1C(=O)C2C3C=CC(C3)C2C1=O.CS(=O)(=O)ON1C(=O)c2ccc3c(=O)c4ccccc4sc3c2C1=O.Cc1ccc(S(=O)(=O)ON2C(=O)c3cccc4cccc(c34)C2=O)cc1. The molecule has 9 aliphatic rings. The molecule has 2 bridgehead atoms. The van der Waals surface area contributed by atoms with Gasteiger partial charge in [-0.25, -0.2) is 0 Å². The largest absolute Gasteiger partial charge is 0.318 e. The molecule has 7 aliphatic heterocycles. The molecular formula is C97H69N7O28S4. The number of hydroxylamine groups is 14. The Balaban J connectivity index is 0.000000111. The Morgan fingerprint density at radius 2 is 0.566 bits per heavy atom. The fourth-order valence-electron chi connectivity index (χ4n) is 17.5. The third-order valence-electron chi connectivity index (χ3n) is 23.3. The van der Waals surface area contributed by atoms with Crippen LogP contribution in [0.25, 0.3) is 74.0 Å². The number of hydrogen-bond donors (Lipinski definition) is 0. The molecule has 1 aromatic heterocycles. The van der Waals surface area contributed by atoms with Crippen molar-refractivity contribution in [2.45, 2.75) is 18.2 Å². The molecule has 39 heteroatoms. The minimum atomic E-state index is -4.33. The Labute approximate surface area is 773 Å². The van der Waals surface area contributed by atoms with Crippen molar-refractivity contribution in [1.29, 1.82) is 0 Å². The number of benzene rings is 13. The lowest BCUT2D eigenvalue weighted by molar-refractivity contribution is -0.166. The number of carbonyl (C=O) groups excluding carboxylic acids is 14. The topological polar surface area (TPSA) is 446 Å². The zero-order valence-corrected chi connectivity index (χ0v) is 75.2. The number of hydrogen-bond acceptors (Lipinski definition) is 29. The van der Waals surface area contributed by atoms with Crippen LogP contribution < -0.4 is 5.43 Å². The Hall–Kier alpha value is -15.7. The van der Waals surface area contributed by atoms with Crippen LogP contribution in [0, 0.1) is 30.6 Å². The lowest BCUT2D eigenvalue weighted by Crippen LogP contribution is -2.41. The smallest absolute Gasteiger partial charge is 0.289 e. The summed E-state index contributed by atoms with van der Waals surface area (Å²) in [5.74, 6) is -8.53. The molecule has 2 fully saturated rings. The van der Waals surface area contributed by atoms with E-state index in [0.717, 1.165) is 71.7 Å². The first-order chi connectivity index (χ1) is 65.0. The molecule has 0 radical (unpaired) electrons. The number of carbonyl (C=O) groups is 14. The van der Waals surface area contributed by atoms with Crippen molar-refractivity contribution in [3.05, 3.63) is 337 Å². The van der Waals surface area contributed by atoms with Crippen molar-refractivity contribution in [3.8, 4) is 0 Å². The lowest BCUT2D eigenvalue weighted by Gasteiger charge is -2.25. The Morgan fingerprint density at radius 1 is 0.287 bits per heavy atom. The van der Waals surface area contributed by atoms with Gasteiger partial charge in [0.25, 0.3) is 103 Å². The Bertz CT molecular complexity index is 7420. The van der Waals surface area contributed by atoms with Gasteiger partial charge in [0, 0.05) is 42.4 Å². The van der Waals surface area contributed by atoms with Gasteiger partial charge >= 0.3 is 10.1 Å². The van der Waals surface area contributed by atoms with E-state index in [0.29, 0.717) is 102 Å².